The third kappa shape index (κ3) is 2.76. The van der Waals surface area contributed by atoms with Gasteiger partial charge in [0, 0.05) is 23.5 Å². The Bertz CT molecular complexity index is 991. The molecule has 0 spiro atoms. The summed E-state index contributed by atoms with van der Waals surface area (Å²) in [4.78, 5) is 33.6. The Morgan fingerprint density at radius 1 is 1.28 bits per heavy atom. The lowest BCUT2D eigenvalue weighted by atomic mass is 10.0. The molecule has 0 N–H and O–H groups in total. The fourth-order valence-electron chi connectivity index (χ4n) is 3.36. The second-order valence-corrected chi connectivity index (χ2v) is 7.35. The van der Waals surface area contributed by atoms with Crippen LogP contribution in [0, 0.1) is 0 Å². The maximum atomic E-state index is 12.7. The minimum absolute atomic E-state index is 0.0417. The first kappa shape index (κ1) is 16.0. The van der Waals surface area contributed by atoms with Gasteiger partial charge < -0.3 is 4.90 Å². The van der Waals surface area contributed by atoms with E-state index < -0.39 is 0 Å². The predicted octanol–water partition coefficient (Wildman–Crippen LogP) is 3.07. The molecular weight excluding hydrogens is 334 g/mol. The van der Waals surface area contributed by atoms with Gasteiger partial charge in [0.2, 0.25) is 0 Å². The zero-order chi connectivity index (χ0) is 17.4. The van der Waals surface area contributed by atoms with Gasteiger partial charge >= 0.3 is 0 Å². The molecular formula is C19H19N3O2S. The van der Waals surface area contributed by atoms with E-state index in [1.807, 2.05) is 42.2 Å². The molecule has 0 saturated carbocycles. The normalized spacial score (nSPS) is 13.9. The Morgan fingerprint density at radius 3 is 2.84 bits per heavy atom. The van der Waals surface area contributed by atoms with Crippen LogP contribution >= 0.6 is 11.3 Å². The summed E-state index contributed by atoms with van der Waals surface area (Å²) in [7, 11) is 0. The minimum Gasteiger partial charge on any atom is -0.333 e. The summed E-state index contributed by atoms with van der Waals surface area (Å²) in [6, 6.07) is 9.34. The van der Waals surface area contributed by atoms with Crippen LogP contribution < -0.4 is 5.56 Å². The summed E-state index contributed by atoms with van der Waals surface area (Å²) in [5, 5.41) is 0.753. The quantitative estimate of drug-likeness (QED) is 0.727. The lowest BCUT2D eigenvalue weighted by Gasteiger charge is -2.27. The maximum Gasteiger partial charge on any atom is 0.262 e. The van der Waals surface area contributed by atoms with E-state index in [0.717, 1.165) is 27.1 Å². The van der Waals surface area contributed by atoms with Gasteiger partial charge in [-0.05, 0) is 30.5 Å². The van der Waals surface area contributed by atoms with Gasteiger partial charge in [-0.1, -0.05) is 25.1 Å². The number of carbonyl (C=O) groups excluding carboxylic acids is 1. The molecule has 128 valence electrons. The summed E-state index contributed by atoms with van der Waals surface area (Å²) in [5.74, 6) is 0.0417. The van der Waals surface area contributed by atoms with Crippen molar-refractivity contribution in [1.82, 2.24) is 14.5 Å². The molecule has 3 aromatic rings. The van der Waals surface area contributed by atoms with E-state index in [4.69, 9.17) is 0 Å². The third-order valence-electron chi connectivity index (χ3n) is 4.60. The van der Waals surface area contributed by atoms with Crippen molar-refractivity contribution in [3.05, 3.63) is 63.0 Å². The summed E-state index contributed by atoms with van der Waals surface area (Å²) in [5.41, 5.74) is 1.84. The van der Waals surface area contributed by atoms with E-state index in [1.165, 1.54) is 11.3 Å². The molecule has 6 heteroatoms. The van der Waals surface area contributed by atoms with Gasteiger partial charge in [0.1, 0.15) is 4.83 Å². The molecule has 0 unspecified atom stereocenters. The highest BCUT2D eigenvalue weighted by Gasteiger charge is 2.26. The van der Waals surface area contributed by atoms with Crippen LogP contribution in [0.4, 0.5) is 0 Å². The summed E-state index contributed by atoms with van der Waals surface area (Å²) >= 11 is 1.54. The van der Waals surface area contributed by atoms with Crippen LogP contribution in [0.5, 0.6) is 0 Å². The van der Waals surface area contributed by atoms with Crippen LogP contribution in [-0.2, 0) is 19.5 Å². The van der Waals surface area contributed by atoms with Crippen molar-refractivity contribution in [2.75, 3.05) is 6.54 Å². The molecule has 0 aliphatic carbocycles. The Balaban J connectivity index is 1.69. The van der Waals surface area contributed by atoms with Gasteiger partial charge in [-0.15, -0.1) is 11.3 Å². The second-order valence-electron chi connectivity index (χ2n) is 6.27. The number of hydrogen-bond donors (Lipinski definition) is 0. The molecule has 1 amide bonds. The van der Waals surface area contributed by atoms with Crippen LogP contribution in [0.25, 0.3) is 10.2 Å². The number of nitrogens with zero attached hydrogens (tertiary/aromatic N) is 3. The van der Waals surface area contributed by atoms with Gasteiger partial charge in [0.15, 0.2) is 0 Å². The highest BCUT2D eigenvalue weighted by Crippen LogP contribution is 2.32. The molecule has 5 nitrogen and oxygen atoms in total. The second kappa shape index (κ2) is 6.44. The van der Waals surface area contributed by atoms with Gasteiger partial charge in [-0.3, -0.25) is 14.2 Å². The van der Waals surface area contributed by atoms with Crippen LogP contribution in [0.2, 0.25) is 0 Å². The molecule has 0 radical (unpaired) electrons. The Hall–Kier alpha value is -2.47. The molecule has 0 fully saturated rings. The zero-order valence-electron chi connectivity index (χ0n) is 14.1. The number of rotatable bonds is 3. The number of aromatic nitrogens is 2. The standard InChI is InChI=1S/C19H19N3O2S/c1-2-9-22-12-20-17-16(19(22)24)14-8-10-21(11-15(14)25-17)18(23)13-6-4-3-5-7-13/h3-7,12H,2,8-11H2,1H3. The van der Waals surface area contributed by atoms with E-state index in [-0.39, 0.29) is 11.5 Å². The molecule has 4 rings (SSSR count). The zero-order valence-corrected chi connectivity index (χ0v) is 14.9. The minimum atomic E-state index is 0.0417. The number of amides is 1. The molecule has 0 saturated heterocycles. The van der Waals surface area contributed by atoms with Crippen molar-refractivity contribution in [1.29, 1.82) is 0 Å². The molecule has 1 aliphatic heterocycles. The van der Waals surface area contributed by atoms with E-state index in [1.54, 1.807) is 10.9 Å². The Morgan fingerprint density at radius 2 is 2.08 bits per heavy atom. The fraction of sp³-hybridized carbons (Fsp3) is 0.316. The first-order valence-electron chi connectivity index (χ1n) is 8.53. The van der Waals surface area contributed by atoms with Gasteiger partial charge in [-0.25, -0.2) is 4.98 Å². The average molecular weight is 353 g/mol. The van der Waals surface area contributed by atoms with E-state index in [9.17, 15) is 9.59 Å². The number of hydrogen-bond acceptors (Lipinski definition) is 4. The van der Waals surface area contributed by atoms with Gasteiger partial charge in [-0.2, -0.15) is 0 Å². The topological polar surface area (TPSA) is 55.2 Å². The van der Waals surface area contributed by atoms with Crippen molar-refractivity contribution in [2.24, 2.45) is 0 Å². The molecule has 0 bridgehead atoms. The lowest BCUT2D eigenvalue weighted by Crippen LogP contribution is -2.35. The number of benzene rings is 1. The van der Waals surface area contributed by atoms with Crippen molar-refractivity contribution in [3.8, 4) is 0 Å². The largest absolute Gasteiger partial charge is 0.333 e. The SMILES string of the molecule is CCCn1cnc2sc3c(c2c1=O)CCN(C(=O)c1ccccc1)C3. The average Bonchev–Trinajstić information content (AvgIpc) is 3.02. The van der Waals surface area contributed by atoms with E-state index in [2.05, 4.69) is 4.98 Å². The molecule has 25 heavy (non-hydrogen) atoms. The molecule has 3 heterocycles. The van der Waals surface area contributed by atoms with Crippen LogP contribution in [0.15, 0.2) is 41.5 Å². The predicted molar refractivity (Wildman–Crippen MR) is 99.1 cm³/mol. The third-order valence-corrected chi connectivity index (χ3v) is 5.72. The Kier molecular flexibility index (Phi) is 4.13. The number of aryl methyl sites for hydroxylation is 1. The molecule has 1 aliphatic rings. The van der Waals surface area contributed by atoms with Crippen molar-refractivity contribution < 1.29 is 4.79 Å². The number of thiophene rings is 1. The molecule has 2 aromatic heterocycles. The first-order chi connectivity index (χ1) is 12.2. The highest BCUT2D eigenvalue weighted by atomic mass is 32.1. The van der Waals surface area contributed by atoms with Crippen molar-refractivity contribution >= 4 is 27.5 Å². The maximum absolute atomic E-state index is 12.7. The van der Waals surface area contributed by atoms with Crippen LogP contribution in [0.3, 0.4) is 0 Å². The molecule has 1 aromatic carbocycles. The van der Waals surface area contributed by atoms with Crippen LogP contribution in [-0.4, -0.2) is 26.9 Å². The summed E-state index contributed by atoms with van der Waals surface area (Å²) < 4.78 is 1.69. The number of fused-ring (bicyclic) bond motifs is 3. The van der Waals surface area contributed by atoms with Crippen LogP contribution in [0.1, 0.15) is 34.1 Å². The fourth-order valence-corrected chi connectivity index (χ4v) is 4.55. The van der Waals surface area contributed by atoms with Crippen molar-refractivity contribution in [2.45, 2.75) is 32.9 Å². The van der Waals surface area contributed by atoms with Gasteiger partial charge in [0.25, 0.3) is 11.5 Å². The summed E-state index contributed by atoms with van der Waals surface area (Å²) in [6.07, 6.45) is 3.25. The van der Waals surface area contributed by atoms with E-state index >= 15 is 0 Å². The highest BCUT2D eigenvalue weighted by molar-refractivity contribution is 7.18. The van der Waals surface area contributed by atoms with E-state index in [0.29, 0.717) is 31.6 Å². The number of carbonyl (C=O) groups is 1. The lowest BCUT2D eigenvalue weighted by molar-refractivity contribution is 0.0737. The van der Waals surface area contributed by atoms with Gasteiger partial charge in [0.05, 0.1) is 18.3 Å². The smallest absolute Gasteiger partial charge is 0.262 e. The monoisotopic (exact) mass is 353 g/mol. The van der Waals surface area contributed by atoms with Crippen molar-refractivity contribution in [3.63, 3.8) is 0 Å². The first-order valence-corrected chi connectivity index (χ1v) is 9.34. The summed E-state index contributed by atoms with van der Waals surface area (Å²) in [6.45, 7) is 3.92. The molecule has 0 atom stereocenters. The Labute approximate surface area is 149 Å².